The van der Waals surface area contributed by atoms with Crippen LogP contribution in [-0.2, 0) is 0 Å². The first-order valence-electron chi connectivity index (χ1n) is 9.45. The fourth-order valence-corrected chi connectivity index (χ4v) is 4.57. The molecule has 0 aromatic heterocycles. The molecule has 1 saturated carbocycles. The third-order valence-electron chi connectivity index (χ3n) is 6.31. The Morgan fingerprint density at radius 1 is 1.05 bits per heavy atom. The third-order valence-corrected chi connectivity index (χ3v) is 6.31. The van der Waals surface area contributed by atoms with E-state index in [9.17, 15) is 0 Å². The van der Waals surface area contributed by atoms with Crippen molar-refractivity contribution in [3.63, 3.8) is 0 Å². The molecule has 3 rings (SSSR count). The molecule has 0 radical (unpaired) electrons. The van der Waals surface area contributed by atoms with E-state index in [-0.39, 0.29) is 0 Å². The van der Waals surface area contributed by atoms with Crippen LogP contribution in [0.1, 0.15) is 65.2 Å². The van der Waals surface area contributed by atoms with Gasteiger partial charge in [-0.1, -0.05) is 62.1 Å². The van der Waals surface area contributed by atoms with Crippen LogP contribution in [0, 0.1) is 11.3 Å². The number of rotatable bonds is 1. The molecule has 1 saturated heterocycles. The van der Waals surface area contributed by atoms with Gasteiger partial charge in [-0.15, -0.1) is 0 Å². The maximum absolute atomic E-state index is 2.81. The van der Waals surface area contributed by atoms with Gasteiger partial charge in [-0.05, 0) is 63.5 Å². The van der Waals surface area contributed by atoms with Crippen molar-refractivity contribution < 1.29 is 0 Å². The SMILES string of the molecule is C/C1=C/C2(C/C=C\C=C/C1C)CCN(C1CCCCC1)CC2. The highest BCUT2D eigenvalue weighted by molar-refractivity contribution is 5.21. The first kappa shape index (κ1) is 16.1. The Bertz CT molecular complexity index is 443. The summed E-state index contributed by atoms with van der Waals surface area (Å²) in [4.78, 5) is 2.81. The minimum absolute atomic E-state index is 0.423. The molecule has 2 aliphatic carbocycles. The Kier molecular flexibility index (Phi) is 5.23. The number of likely N-dealkylation sites (tertiary alicyclic amines) is 1. The van der Waals surface area contributed by atoms with Gasteiger partial charge < -0.3 is 4.90 Å². The largest absolute Gasteiger partial charge is 0.300 e. The molecule has 122 valence electrons. The van der Waals surface area contributed by atoms with Gasteiger partial charge in [0.25, 0.3) is 0 Å². The van der Waals surface area contributed by atoms with Crippen LogP contribution in [0.3, 0.4) is 0 Å². The van der Waals surface area contributed by atoms with Crippen molar-refractivity contribution in [3.8, 4) is 0 Å². The summed E-state index contributed by atoms with van der Waals surface area (Å²) in [7, 11) is 0. The van der Waals surface area contributed by atoms with Crippen LogP contribution in [0.25, 0.3) is 0 Å². The Hall–Kier alpha value is -0.820. The minimum atomic E-state index is 0.423. The quantitative estimate of drug-likeness (QED) is 0.578. The van der Waals surface area contributed by atoms with Crippen molar-refractivity contribution in [1.29, 1.82) is 0 Å². The number of piperidine rings is 1. The second-order valence-electron chi connectivity index (χ2n) is 7.88. The zero-order valence-electron chi connectivity index (χ0n) is 14.6. The first-order valence-corrected chi connectivity index (χ1v) is 9.45. The van der Waals surface area contributed by atoms with E-state index in [0.29, 0.717) is 11.3 Å². The summed E-state index contributed by atoms with van der Waals surface area (Å²) in [5, 5.41) is 0. The summed E-state index contributed by atoms with van der Waals surface area (Å²) in [5.74, 6) is 0.580. The zero-order valence-corrected chi connectivity index (χ0v) is 14.6. The van der Waals surface area contributed by atoms with Crippen LogP contribution in [0.5, 0.6) is 0 Å². The van der Waals surface area contributed by atoms with Gasteiger partial charge in [-0.25, -0.2) is 0 Å². The molecule has 0 N–H and O–H groups in total. The molecule has 1 heteroatoms. The van der Waals surface area contributed by atoms with E-state index in [4.69, 9.17) is 0 Å². The van der Waals surface area contributed by atoms with Crippen LogP contribution >= 0.6 is 0 Å². The lowest BCUT2D eigenvalue weighted by atomic mass is 9.73. The molecule has 1 spiro atoms. The van der Waals surface area contributed by atoms with Crippen LogP contribution in [-0.4, -0.2) is 24.0 Å². The van der Waals surface area contributed by atoms with Crippen molar-refractivity contribution >= 4 is 0 Å². The molecule has 1 atom stereocenters. The predicted molar refractivity (Wildman–Crippen MR) is 95.9 cm³/mol. The minimum Gasteiger partial charge on any atom is -0.300 e. The van der Waals surface area contributed by atoms with E-state index in [1.807, 2.05) is 0 Å². The van der Waals surface area contributed by atoms with E-state index in [1.54, 1.807) is 5.57 Å². The van der Waals surface area contributed by atoms with Crippen molar-refractivity contribution in [1.82, 2.24) is 4.90 Å². The predicted octanol–water partition coefficient (Wildman–Crippen LogP) is 5.50. The van der Waals surface area contributed by atoms with Gasteiger partial charge in [0.05, 0.1) is 0 Å². The number of nitrogens with zero attached hydrogens (tertiary/aromatic N) is 1. The Balaban J connectivity index is 1.68. The van der Waals surface area contributed by atoms with E-state index >= 15 is 0 Å². The topological polar surface area (TPSA) is 3.24 Å². The fraction of sp³-hybridized carbons (Fsp3) is 0.714. The standard InChI is InChI=1S/C21H33N/c1-18-9-5-4-8-12-21(17-19(18)2)13-15-22(16-14-21)20-10-6-3-7-11-20/h4-5,8-9,17-18,20H,3,6-7,10-16H2,1-2H3/b8-4-,9-5-,19-17-. The maximum Gasteiger partial charge on any atom is 0.00952 e. The van der Waals surface area contributed by atoms with E-state index in [2.05, 4.69) is 49.1 Å². The summed E-state index contributed by atoms with van der Waals surface area (Å²) in [6.45, 7) is 7.27. The molecule has 1 aliphatic heterocycles. The summed E-state index contributed by atoms with van der Waals surface area (Å²) in [5.41, 5.74) is 1.98. The number of hydrogen-bond donors (Lipinski definition) is 0. The summed E-state index contributed by atoms with van der Waals surface area (Å²) in [6, 6.07) is 0.892. The Morgan fingerprint density at radius 3 is 2.50 bits per heavy atom. The highest BCUT2D eigenvalue weighted by atomic mass is 15.2. The molecule has 3 aliphatic rings. The van der Waals surface area contributed by atoms with Crippen molar-refractivity contribution in [2.75, 3.05) is 13.1 Å². The third kappa shape index (κ3) is 3.74. The highest BCUT2D eigenvalue weighted by Gasteiger charge is 2.34. The van der Waals surface area contributed by atoms with Gasteiger partial charge in [0.2, 0.25) is 0 Å². The molecule has 0 aromatic carbocycles. The van der Waals surface area contributed by atoms with E-state index in [1.165, 1.54) is 64.5 Å². The van der Waals surface area contributed by atoms with Gasteiger partial charge in [-0.2, -0.15) is 0 Å². The highest BCUT2D eigenvalue weighted by Crippen LogP contribution is 2.40. The molecule has 0 amide bonds. The lowest BCUT2D eigenvalue weighted by molar-refractivity contribution is 0.0813. The second kappa shape index (κ2) is 7.17. The van der Waals surface area contributed by atoms with Gasteiger partial charge >= 0.3 is 0 Å². The monoisotopic (exact) mass is 299 g/mol. The normalized spacial score (nSPS) is 35.9. The smallest absolute Gasteiger partial charge is 0.00952 e. The molecule has 1 unspecified atom stereocenters. The average molecular weight is 300 g/mol. The first-order chi connectivity index (χ1) is 10.7. The zero-order chi connectivity index (χ0) is 15.4. The van der Waals surface area contributed by atoms with Crippen molar-refractivity contribution in [3.05, 3.63) is 36.0 Å². The van der Waals surface area contributed by atoms with Gasteiger partial charge in [0, 0.05) is 6.04 Å². The Morgan fingerprint density at radius 2 is 1.77 bits per heavy atom. The second-order valence-corrected chi connectivity index (χ2v) is 7.88. The van der Waals surface area contributed by atoms with Gasteiger partial charge in [0.15, 0.2) is 0 Å². The molecular weight excluding hydrogens is 266 g/mol. The van der Waals surface area contributed by atoms with Crippen LogP contribution in [0.4, 0.5) is 0 Å². The summed E-state index contributed by atoms with van der Waals surface area (Å²) < 4.78 is 0. The van der Waals surface area contributed by atoms with Crippen LogP contribution < -0.4 is 0 Å². The fourth-order valence-electron chi connectivity index (χ4n) is 4.57. The molecule has 0 aromatic rings. The molecular formula is C21H33N. The molecule has 1 heterocycles. The van der Waals surface area contributed by atoms with E-state index in [0.717, 1.165) is 6.04 Å². The number of allylic oxidation sites excluding steroid dienone is 6. The molecule has 1 nitrogen and oxygen atoms in total. The lowest BCUT2D eigenvalue weighted by Crippen LogP contribution is -2.45. The maximum atomic E-state index is 2.81. The molecule has 2 fully saturated rings. The van der Waals surface area contributed by atoms with Crippen LogP contribution in [0.2, 0.25) is 0 Å². The van der Waals surface area contributed by atoms with Gasteiger partial charge in [0.1, 0.15) is 0 Å². The molecule has 0 bridgehead atoms. The summed E-state index contributed by atoms with van der Waals surface area (Å²) in [6.07, 6.45) is 23.0. The lowest BCUT2D eigenvalue weighted by Gasteiger charge is -2.44. The van der Waals surface area contributed by atoms with Crippen LogP contribution in [0.15, 0.2) is 36.0 Å². The average Bonchev–Trinajstić information content (AvgIpc) is 2.61. The van der Waals surface area contributed by atoms with Crippen molar-refractivity contribution in [2.45, 2.75) is 71.3 Å². The van der Waals surface area contributed by atoms with Gasteiger partial charge in [-0.3, -0.25) is 0 Å². The number of hydrogen-bond acceptors (Lipinski definition) is 1. The Labute approximate surface area is 137 Å². The van der Waals surface area contributed by atoms with E-state index < -0.39 is 0 Å². The summed E-state index contributed by atoms with van der Waals surface area (Å²) >= 11 is 0. The molecule has 22 heavy (non-hydrogen) atoms. The van der Waals surface area contributed by atoms with Crippen molar-refractivity contribution in [2.24, 2.45) is 11.3 Å².